The number of nitrogens with one attached hydrogen (secondary N) is 1. The van der Waals surface area contributed by atoms with Crippen molar-refractivity contribution in [2.45, 2.75) is 18.7 Å². The number of aldehydes is 1. The Kier molecular flexibility index (Phi) is 4.25. The van der Waals surface area contributed by atoms with Crippen molar-refractivity contribution in [3.05, 3.63) is 23.3 Å². The number of benzene rings is 1. The Hall–Kier alpha value is -1.40. The highest BCUT2D eigenvalue weighted by molar-refractivity contribution is 7.89. The number of carbonyl (C=O) groups is 1. The Balaban J connectivity index is 3.29. The summed E-state index contributed by atoms with van der Waals surface area (Å²) in [5.74, 6) is 0.270. The van der Waals surface area contributed by atoms with Crippen LogP contribution in [-0.4, -0.2) is 28.4 Å². The number of hydrogen-bond acceptors (Lipinski definition) is 4. The number of methoxy groups -OCH3 is 1. The molecule has 0 bridgehead atoms. The molecule has 6 heteroatoms. The largest absolute Gasteiger partial charge is 0.495 e. The van der Waals surface area contributed by atoms with Crippen molar-refractivity contribution in [2.24, 2.45) is 0 Å². The van der Waals surface area contributed by atoms with E-state index in [2.05, 4.69) is 4.72 Å². The molecule has 0 fully saturated rings. The molecule has 0 aliphatic rings. The molecule has 0 aliphatic carbocycles. The topological polar surface area (TPSA) is 72.5 Å². The number of ether oxygens (including phenoxy) is 1. The zero-order valence-corrected chi connectivity index (χ0v) is 10.8. The predicted molar refractivity (Wildman–Crippen MR) is 63.7 cm³/mol. The van der Waals surface area contributed by atoms with Gasteiger partial charge in [-0.2, -0.15) is 0 Å². The van der Waals surface area contributed by atoms with E-state index in [-0.39, 0.29) is 17.2 Å². The molecule has 0 saturated carbocycles. The number of sulfonamides is 1. The smallest absolute Gasteiger partial charge is 0.244 e. The second-order valence-electron chi connectivity index (χ2n) is 3.61. The van der Waals surface area contributed by atoms with Crippen LogP contribution in [0.2, 0.25) is 0 Å². The normalized spacial score (nSPS) is 11.2. The van der Waals surface area contributed by atoms with E-state index in [1.54, 1.807) is 6.07 Å². The van der Waals surface area contributed by atoms with Crippen molar-refractivity contribution >= 4 is 16.3 Å². The zero-order valence-electron chi connectivity index (χ0n) is 9.98. The van der Waals surface area contributed by atoms with Crippen LogP contribution in [-0.2, 0) is 14.8 Å². The molecule has 17 heavy (non-hydrogen) atoms. The molecule has 0 aromatic heterocycles. The monoisotopic (exact) mass is 257 g/mol. The van der Waals surface area contributed by atoms with Crippen LogP contribution in [0.15, 0.2) is 17.0 Å². The molecule has 0 amide bonds. The summed E-state index contributed by atoms with van der Waals surface area (Å²) >= 11 is 0. The van der Waals surface area contributed by atoms with Gasteiger partial charge in [0.1, 0.15) is 16.9 Å². The van der Waals surface area contributed by atoms with Gasteiger partial charge in [-0.15, -0.1) is 0 Å². The first-order chi connectivity index (χ1) is 7.92. The Labute approximate surface area is 101 Å². The third-order valence-corrected chi connectivity index (χ3v) is 3.87. The summed E-state index contributed by atoms with van der Waals surface area (Å²) in [4.78, 5) is 10.2. The first-order valence-corrected chi connectivity index (χ1v) is 6.49. The van der Waals surface area contributed by atoms with Crippen LogP contribution in [0.5, 0.6) is 5.75 Å². The van der Waals surface area contributed by atoms with Gasteiger partial charge in [0, 0.05) is 0 Å². The van der Waals surface area contributed by atoms with Crippen molar-refractivity contribution in [1.82, 2.24) is 4.72 Å². The van der Waals surface area contributed by atoms with Gasteiger partial charge in [-0.25, -0.2) is 13.1 Å². The van der Waals surface area contributed by atoms with E-state index in [0.29, 0.717) is 6.29 Å². The number of carbonyl (C=O) groups excluding carboxylic acids is 1. The minimum Gasteiger partial charge on any atom is -0.495 e. The summed E-state index contributed by atoms with van der Waals surface area (Å²) in [6.07, 6.45) is 0.491. The molecule has 1 rings (SSSR count). The maximum atomic E-state index is 11.9. The van der Waals surface area contributed by atoms with Gasteiger partial charge in [-0.05, 0) is 37.1 Å². The van der Waals surface area contributed by atoms with Crippen LogP contribution < -0.4 is 9.46 Å². The molecule has 0 atom stereocenters. The van der Waals surface area contributed by atoms with Gasteiger partial charge in [-0.1, -0.05) is 0 Å². The summed E-state index contributed by atoms with van der Waals surface area (Å²) < 4.78 is 31.0. The molecule has 0 unspecified atom stereocenters. The molecule has 0 radical (unpaired) electrons. The van der Waals surface area contributed by atoms with Crippen LogP contribution >= 0.6 is 0 Å². The summed E-state index contributed by atoms with van der Waals surface area (Å²) in [5, 5.41) is 0. The molecule has 94 valence electrons. The second kappa shape index (κ2) is 5.29. The number of aryl methyl sites for hydroxylation is 2. The van der Waals surface area contributed by atoms with Crippen molar-refractivity contribution in [3.63, 3.8) is 0 Å². The molecular weight excluding hydrogens is 242 g/mol. The van der Waals surface area contributed by atoms with Crippen molar-refractivity contribution < 1.29 is 17.9 Å². The van der Waals surface area contributed by atoms with E-state index in [0.717, 1.165) is 11.1 Å². The molecule has 0 aliphatic heterocycles. The first kappa shape index (κ1) is 13.7. The SMILES string of the molecule is COc1cc(C)c(C)cc1S(=O)(=O)NCC=O. The maximum absolute atomic E-state index is 11.9. The van der Waals surface area contributed by atoms with E-state index >= 15 is 0 Å². The highest BCUT2D eigenvalue weighted by Crippen LogP contribution is 2.26. The summed E-state index contributed by atoms with van der Waals surface area (Å²) in [6, 6.07) is 3.19. The van der Waals surface area contributed by atoms with Crippen LogP contribution in [0.4, 0.5) is 0 Å². The van der Waals surface area contributed by atoms with Crippen molar-refractivity contribution in [2.75, 3.05) is 13.7 Å². The second-order valence-corrected chi connectivity index (χ2v) is 5.34. The quantitative estimate of drug-likeness (QED) is 0.791. The number of rotatable bonds is 5. The Bertz CT molecular complexity index is 523. The fourth-order valence-corrected chi connectivity index (χ4v) is 2.54. The lowest BCUT2D eigenvalue weighted by Gasteiger charge is -2.12. The van der Waals surface area contributed by atoms with Crippen LogP contribution in [0, 0.1) is 13.8 Å². The molecule has 0 saturated heterocycles. The third-order valence-electron chi connectivity index (χ3n) is 2.43. The Morgan fingerprint density at radius 3 is 2.41 bits per heavy atom. The predicted octanol–water partition coefficient (Wildman–Crippen LogP) is 0.789. The van der Waals surface area contributed by atoms with Gasteiger partial charge in [0.05, 0.1) is 13.7 Å². The molecule has 0 spiro atoms. The average Bonchev–Trinajstić information content (AvgIpc) is 2.29. The van der Waals surface area contributed by atoms with Gasteiger partial charge in [-0.3, -0.25) is 0 Å². The first-order valence-electron chi connectivity index (χ1n) is 5.01. The molecule has 1 aromatic carbocycles. The number of hydrogen-bond donors (Lipinski definition) is 1. The Morgan fingerprint density at radius 2 is 1.88 bits per heavy atom. The summed E-state index contributed by atoms with van der Waals surface area (Å²) in [7, 11) is -2.31. The molecule has 0 heterocycles. The van der Waals surface area contributed by atoms with Gasteiger partial charge in [0.25, 0.3) is 0 Å². The fourth-order valence-electron chi connectivity index (χ4n) is 1.35. The van der Waals surface area contributed by atoms with E-state index < -0.39 is 10.0 Å². The van der Waals surface area contributed by atoms with Gasteiger partial charge >= 0.3 is 0 Å². The van der Waals surface area contributed by atoms with Crippen molar-refractivity contribution in [1.29, 1.82) is 0 Å². The third kappa shape index (κ3) is 3.04. The van der Waals surface area contributed by atoms with Gasteiger partial charge in [0.2, 0.25) is 10.0 Å². The summed E-state index contributed by atoms with van der Waals surface area (Å²) in [5.41, 5.74) is 1.79. The maximum Gasteiger partial charge on any atom is 0.244 e. The lowest BCUT2D eigenvalue weighted by atomic mass is 10.1. The lowest BCUT2D eigenvalue weighted by Crippen LogP contribution is -2.26. The van der Waals surface area contributed by atoms with E-state index in [9.17, 15) is 13.2 Å². The molecule has 5 nitrogen and oxygen atoms in total. The highest BCUT2D eigenvalue weighted by atomic mass is 32.2. The molecule has 1 aromatic rings. The van der Waals surface area contributed by atoms with Gasteiger partial charge < -0.3 is 9.53 Å². The standard InChI is InChI=1S/C11H15NO4S/c1-8-6-10(16-3)11(7-9(8)2)17(14,15)12-4-5-13/h5-7,12H,4H2,1-3H3. The zero-order chi connectivity index (χ0) is 13.1. The van der Waals surface area contributed by atoms with E-state index in [1.165, 1.54) is 13.2 Å². The van der Waals surface area contributed by atoms with Crippen LogP contribution in [0.1, 0.15) is 11.1 Å². The van der Waals surface area contributed by atoms with E-state index in [1.807, 2.05) is 13.8 Å². The Morgan fingerprint density at radius 1 is 1.29 bits per heavy atom. The fraction of sp³-hybridized carbons (Fsp3) is 0.364. The average molecular weight is 257 g/mol. The lowest BCUT2D eigenvalue weighted by molar-refractivity contribution is -0.106. The molecule has 1 N–H and O–H groups in total. The molecular formula is C11H15NO4S. The van der Waals surface area contributed by atoms with Crippen LogP contribution in [0.3, 0.4) is 0 Å². The summed E-state index contributed by atoms with van der Waals surface area (Å²) in [6.45, 7) is 3.43. The van der Waals surface area contributed by atoms with Gasteiger partial charge in [0.15, 0.2) is 0 Å². The van der Waals surface area contributed by atoms with Crippen LogP contribution in [0.25, 0.3) is 0 Å². The minimum atomic E-state index is -3.71. The van der Waals surface area contributed by atoms with E-state index in [4.69, 9.17) is 4.74 Å². The van der Waals surface area contributed by atoms with Crippen molar-refractivity contribution in [3.8, 4) is 5.75 Å². The minimum absolute atomic E-state index is 0.0463. The highest BCUT2D eigenvalue weighted by Gasteiger charge is 2.19.